The highest BCUT2D eigenvalue weighted by molar-refractivity contribution is 8.08. The maximum atomic E-state index is 6.88. The van der Waals surface area contributed by atoms with E-state index in [-0.39, 0.29) is 71.5 Å². The van der Waals surface area contributed by atoms with E-state index in [4.69, 9.17) is 47.4 Å². The SMILES string of the molecule is CC1SC(C2SC(C3SC(C4SC(C5SC(C6SC(C)C7OCCOC76)C6OCCOC65)C5OCCOC54)C4CCCCC43)C3OCCOC32)C2OCCOC12. The molecule has 12 rings (SSSR count). The van der Waals surface area contributed by atoms with Crippen LogP contribution in [0.1, 0.15) is 39.5 Å². The van der Waals surface area contributed by atoms with Crippen molar-refractivity contribution in [3.63, 3.8) is 0 Å². The van der Waals surface area contributed by atoms with Gasteiger partial charge < -0.3 is 47.4 Å². The fourth-order valence-corrected chi connectivity index (χ4v) is 25.3. The highest BCUT2D eigenvalue weighted by atomic mass is 32.2. The van der Waals surface area contributed by atoms with Crippen molar-refractivity contribution in [3.8, 4) is 0 Å². The lowest BCUT2D eigenvalue weighted by molar-refractivity contribution is -0.156. The normalized spacial score (nSPS) is 59.2. The molecule has 0 aromatic heterocycles. The molecule has 0 N–H and O–H groups in total. The molecule has 24 atom stereocenters. The summed E-state index contributed by atoms with van der Waals surface area (Å²) in [5.74, 6) is 1.38. The van der Waals surface area contributed by atoms with Crippen molar-refractivity contribution >= 4 is 70.6 Å². The number of ether oxygens (including phenoxy) is 10. The van der Waals surface area contributed by atoms with Crippen LogP contribution in [0.4, 0.5) is 0 Å². The molecule has 1 aliphatic carbocycles. The van der Waals surface area contributed by atoms with Gasteiger partial charge in [0.1, 0.15) is 0 Å². The minimum Gasteiger partial charge on any atom is -0.372 e. The lowest BCUT2D eigenvalue weighted by atomic mass is 9.73. The lowest BCUT2D eigenvalue weighted by Crippen LogP contribution is -2.52. The zero-order valence-electron chi connectivity index (χ0n) is 32.3. The third-order valence-corrected chi connectivity index (χ3v) is 26.2. The first-order valence-electron chi connectivity index (χ1n) is 21.7. The summed E-state index contributed by atoms with van der Waals surface area (Å²) >= 11 is 13.0. The van der Waals surface area contributed by atoms with E-state index in [0.29, 0.717) is 130 Å². The van der Waals surface area contributed by atoms with Crippen LogP contribution >= 0.6 is 70.6 Å². The van der Waals surface area contributed by atoms with E-state index < -0.39 is 0 Å². The Kier molecular flexibility index (Phi) is 11.5. The van der Waals surface area contributed by atoms with E-state index in [0.717, 1.165) is 0 Å². The molecule has 11 heterocycles. The standard InChI is InChI=1S/C40H58O10S6/c1-17-21-23(43-9-7-41-21)35(51-17)37-27-25(45-11-13-47-27)33(54-37)31-19-5-3-4-6-20(19)32(53-31)34-26-28(48-14-12-46-26)39(55-34)40-30-29(49-15-16-50-30)38(56-40)36-24-22(18(2)52-36)42-8-10-44-24/h17-40H,3-16H2,1-2H3. The van der Waals surface area contributed by atoms with E-state index in [1.165, 1.54) is 25.7 Å². The first kappa shape index (κ1) is 39.3. The van der Waals surface area contributed by atoms with Gasteiger partial charge in [-0.3, -0.25) is 0 Å². The molecule has 56 heavy (non-hydrogen) atoms. The Morgan fingerprint density at radius 3 is 0.786 bits per heavy atom. The largest absolute Gasteiger partial charge is 0.372 e. The number of rotatable bonds is 5. The van der Waals surface area contributed by atoms with Gasteiger partial charge in [-0.1, -0.05) is 26.7 Å². The maximum Gasteiger partial charge on any atom is 0.0979 e. The van der Waals surface area contributed by atoms with E-state index in [9.17, 15) is 0 Å². The van der Waals surface area contributed by atoms with Gasteiger partial charge in [0.05, 0.1) is 127 Å². The number of hydrogen-bond acceptors (Lipinski definition) is 16. The second-order valence-electron chi connectivity index (χ2n) is 17.8. The zero-order valence-corrected chi connectivity index (χ0v) is 37.2. The Morgan fingerprint density at radius 1 is 0.268 bits per heavy atom. The van der Waals surface area contributed by atoms with Crippen molar-refractivity contribution in [2.24, 2.45) is 11.8 Å². The molecule has 24 unspecified atom stereocenters. The van der Waals surface area contributed by atoms with Crippen LogP contribution in [0.15, 0.2) is 0 Å². The Labute approximate surface area is 357 Å². The monoisotopic (exact) mass is 890 g/mol. The molecule has 16 heteroatoms. The van der Waals surface area contributed by atoms with Gasteiger partial charge in [0.25, 0.3) is 0 Å². The molecule has 12 fully saturated rings. The number of thioether (sulfide) groups is 6. The van der Waals surface area contributed by atoms with Gasteiger partial charge in [-0.05, 0) is 24.7 Å². The van der Waals surface area contributed by atoms with Crippen LogP contribution in [0.5, 0.6) is 0 Å². The summed E-state index contributed by atoms with van der Waals surface area (Å²) in [4.78, 5) is 0. The third kappa shape index (κ3) is 6.53. The minimum atomic E-state index is 0.0496. The van der Waals surface area contributed by atoms with Crippen LogP contribution in [-0.2, 0) is 47.4 Å². The highest BCUT2D eigenvalue weighted by Gasteiger charge is 2.66. The van der Waals surface area contributed by atoms with Crippen molar-refractivity contribution in [1.82, 2.24) is 0 Å². The summed E-state index contributed by atoms with van der Waals surface area (Å²) in [6.45, 7) is 11.5. The molecule has 11 aliphatic heterocycles. The third-order valence-electron chi connectivity index (χ3n) is 15.0. The molecule has 1 saturated carbocycles. The van der Waals surface area contributed by atoms with Crippen LogP contribution < -0.4 is 0 Å². The average molecular weight is 891 g/mol. The van der Waals surface area contributed by atoms with Gasteiger partial charge in [-0.2, -0.15) is 11.8 Å². The molecule has 12 aliphatic rings. The fourth-order valence-electron chi connectivity index (χ4n) is 12.8. The van der Waals surface area contributed by atoms with E-state index in [2.05, 4.69) is 84.4 Å². The minimum absolute atomic E-state index is 0.0496. The fraction of sp³-hybridized carbons (Fsp3) is 1.00. The van der Waals surface area contributed by atoms with Gasteiger partial charge in [-0.25, -0.2) is 0 Å². The molecule has 10 nitrogen and oxygen atoms in total. The summed E-state index contributed by atoms with van der Waals surface area (Å²) in [6, 6.07) is 0. The number of hydrogen-bond donors (Lipinski definition) is 0. The number of fused-ring (bicyclic) bond motifs is 6. The Bertz CT molecular complexity index is 1320. The Hall–Kier alpha value is 1.70. The molecule has 314 valence electrons. The summed E-state index contributed by atoms with van der Waals surface area (Å²) in [7, 11) is 0. The van der Waals surface area contributed by atoms with Gasteiger partial charge in [0.2, 0.25) is 0 Å². The lowest BCUT2D eigenvalue weighted by Gasteiger charge is -2.37. The molecule has 0 aromatic carbocycles. The summed E-state index contributed by atoms with van der Waals surface area (Å²) in [6.07, 6.45) is 6.40. The summed E-state index contributed by atoms with van der Waals surface area (Å²) < 4.78 is 66.2. The predicted octanol–water partition coefficient (Wildman–Crippen LogP) is 4.66. The van der Waals surface area contributed by atoms with Crippen molar-refractivity contribution in [2.75, 3.05) is 66.1 Å². The van der Waals surface area contributed by atoms with Crippen molar-refractivity contribution in [3.05, 3.63) is 0 Å². The molecule has 0 spiro atoms. The summed E-state index contributed by atoms with van der Waals surface area (Å²) in [5.41, 5.74) is 0. The Balaban J connectivity index is 0.815. The van der Waals surface area contributed by atoms with Crippen LogP contribution in [0.25, 0.3) is 0 Å². The molecule has 0 radical (unpaired) electrons. The van der Waals surface area contributed by atoms with Gasteiger partial charge in [0, 0.05) is 63.0 Å². The average Bonchev–Trinajstić information content (AvgIpc) is 4.10. The molecule has 11 saturated heterocycles. The molecule has 0 bridgehead atoms. The first-order valence-corrected chi connectivity index (χ1v) is 27.4. The molecular formula is C40H58O10S6. The summed E-state index contributed by atoms with van der Waals surface area (Å²) in [5, 5.41) is 4.60. The smallest absolute Gasteiger partial charge is 0.0979 e. The molecular weight excluding hydrogens is 833 g/mol. The second-order valence-corrected chi connectivity index (χ2v) is 26.4. The van der Waals surface area contributed by atoms with E-state index in [1.807, 2.05) is 0 Å². The van der Waals surface area contributed by atoms with Gasteiger partial charge in [0.15, 0.2) is 0 Å². The second kappa shape index (κ2) is 16.4. The van der Waals surface area contributed by atoms with Crippen molar-refractivity contribution in [2.45, 2.75) is 164 Å². The highest BCUT2D eigenvalue weighted by Crippen LogP contribution is 2.63. The van der Waals surface area contributed by atoms with Gasteiger partial charge >= 0.3 is 0 Å². The first-order chi connectivity index (χ1) is 27.6. The van der Waals surface area contributed by atoms with Crippen molar-refractivity contribution in [1.29, 1.82) is 0 Å². The molecule has 0 aromatic rings. The quantitative estimate of drug-likeness (QED) is 0.383. The van der Waals surface area contributed by atoms with Crippen LogP contribution in [-0.4, -0.2) is 190 Å². The van der Waals surface area contributed by atoms with Crippen LogP contribution in [0.3, 0.4) is 0 Å². The van der Waals surface area contributed by atoms with Crippen molar-refractivity contribution < 1.29 is 47.4 Å². The zero-order chi connectivity index (χ0) is 37.1. The Morgan fingerprint density at radius 2 is 0.482 bits per heavy atom. The van der Waals surface area contributed by atoms with Crippen LogP contribution in [0.2, 0.25) is 0 Å². The maximum absolute atomic E-state index is 6.88. The van der Waals surface area contributed by atoms with E-state index >= 15 is 0 Å². The topological polar surface area (TPSA) is 92.3 Å². The predicted molar refractivity (Wildman–Crippen MR) is 225 cm³/mol. The van der Waals surface area contributed by atoms with E-state index in [1.54, 1.807) is 0 Å². The molecule has 0 amide bonds. The van der Waals surface area contributed by atoms with Crippen LogP contribution in [0, 0.1) is 11.8 Å². The van der Waals surface area contributed by atoms with Gasteiger partial charge in [-0.15, -0.1) is 58.8 Å².